The lowest BCUT2D eigenvalue weighted by Gasteiger charge is -2.20. The van der Waals surface area contributed by atoms with E-state index in [1.54, 1.807) is 0 Å². The fourth-order valence-corrected chi connectivity index (χ4v) is 1.24. The molecule has 0 aliphatic rings. The minimum Gasteiger partial charge on any atom is -0.390 e. The van der Waals surface area contributed by atoms with Crippen LogP contribution in [0, 0.1) is 0 Å². The standard InChI is InChI=1S/C12H18O/c1-3-12(2,13)10-9-11-7-5-4-6-8-11/h4-8,13H,3,9-10H2,1-2H3/t12-/m1/s1. The van der Waals surface area contributed by atoms with Gasteiger partial charge < -0.3 is 5.11 Å². The maximum absolute atomic E-state index is 9.78. The summed E-state index contributed by atoms with van der Waals surface area (Å²) in [7, 11) is 0. The highest BCUT2D eigenvalue weighted by Crippen LogP contribution is 2.16. The number of rotatable bonds is 4. The van der Waals surface area contributed by atoms with E-state index in [-0.39, 0.29) is 0 Å². The van der Waals surface area contributed by atoms with Crippen LogP contribution in [0.5, 0.6) is 0 Å². The Labute approximate surface area is 80.4 Å². The van der Waals surface area contributed by atoms with Gasteiger partial charge in [0.25, 0.3) is 0 Å². The van der Waals surface area contributed by atoms with Crippen molar-refractivity contribution in [3.05, 3.63) is 35.9 Å². The van der Waals surface area contributed by atoms with Crippen molar-refractivity contribution in [1.82, 2.24) is 0 Å². The van der Waals surface area contributed by atoms with Gasteiger partial charge in [0.05, 0.1) is 5.60 Å². The van der Waals surface area contributed by atoms with Crippen molar-refractivity contribution in [1.29, 1.82) is 0 Å². The van der Waals surface area contributed by atoms with Crippen LogP contribution in [-0.2, 0) is 6.42 Å². The first-order valence-electron chi connectivity index (χ1n) is 4.90. The van der Waals surface area contributed by atoms with Crippen LogP contribution >= 0.6 is 0 Å². The lowest BCUT2D eigenvalue weighted by atomic mass is 9.95. The molecule has 72 valence electrons. The molecule has 1 nitrogen and oxygen atoms in total. The molecule has 1 aromatic rings. The molecule has 0 heterocycles. The summed E-state index contributed by atoms with van der Waals surface area (Å²) in [5.74, 6) is 0. The Balaban J connectivity index is 2.44. The molecule has 1 aromatic carbocycles. The SMILES string of the molecule is CC[C@@](C)(O)CCc1ccccc1. The summed E-state index contributed by atoms with van der Waals surface area (Å²) in [4.78, 5) is 0. The van der Waals surface area contributed by atoms with E-state index >= 15 is 0 Å². The zero-order chi connectivity index (χ0) is 9.73. The molecule has 0 radical (unpaired) electrons. The highest BCUT2D eigenvalue weighted by atomic mass is 16.3. The fraction of sp³-hybridized carbons (Fsp3) is 0.500. The molecule has 0 saturated carbocycles. The van der Waals surface area contributed by atoms with E-state index in [1.807, 2.05) is 32.0 Å². The first kappa shape index (κ1) is 10.3. The van der Waals surface area contributed by atoms with Crippen LogP contribution in [-0.4, -0.2) is 10.7 Å². The van der Waals surface area contributed by atoms with Crippen molar-refractivity contribution in [3.63, 3.8) is 0 Å². The van der Waals surface area contributed by atoms with E-state index in [9.17, 15) is 5.11 Å². The monoisotopic (exact) mass is 178 g/mol. The molecule has 0 spiro atoms. The third-order valence-corrected chi connectivity index (χ3v) is 2.56. The summed E-state index contributed by atoms with van der Waals surface area (Å²) >= 11 is 0. The Kier molecular flexibility index (Phi) is 3.49. The van der Waals surface area contributed by atoms with Gasteiger partial charge in [-0.05, 0) is 31.7 Å². The number of benzene rings is 1. The Bertz CT molecular complexity index is 239. The van der Waals surface area contributed by atoms with Gasteiger partial charge in [-0.25, -0.2) is 0 Å². The number of aliphatic hydroxyl groups is 1. The number of hydrogen-bond donors (Lipinski definition) is 1. The summed E-state index contributed by atoms with van der Waals surface area (Å²) < 4.78 is 0. The third kappa shape index (κ3) is 3.60. The van der Waals surface area contributed by atoms with Crippen LogP contribution in [0.3, 0.4) is 0 Å². The zero-order valence-electron chi connectivity index (χ0n) is 8.46. The van der Waals surface area contributed by atoms with Crippen molar-refractivity contribution in [2.45, 2.75) is 38.7 Å². The molecule has 1 heteroatoms. The molecule has 13 heavy (non-hydrogen) atoms. The molecular weight excluding hydrogens is 160 g/mol. The average Bonchev–Trinajstić information content (AvgIpc) is 2.17. The van der Waals surface area contributed by atoms with E-state index in [2.05, 4.69) is 12.1 Å². The van der Waals surface area contributed by atoms with Gasteiger partial charge >= 0.3 is 0 Å². The molecule has 0 fully saturated rings. The van der Waals surface area contributed by atoms with Gasteiger partial charge in [-0.1, -0.05) is 37.3 Å². The van der Waals surface area contributed by atoms with Crippen LogP contribution in [0.2, 0.25) is 0 Å². The zero-order valence-corrected chi connectivity index (χ0v) is 8.46. The van der Waals surface area contributed by atoms with Crippen LogP contribution in [0.1, 0.15) is 32.3 Å². The van der Waals surface area contributed by atoms with E-state index in [4.69, 9.17) is 0 Å². The van der Waals surface area contributed by atoms with E-state index in [1.165, 1.54) is 5.56 Å². The second-order valence-corrected chi connectivity index (χ2v) is 3.84. The highest BCUT2D eigenvalue weighted by molar-refractivity contribution is 5.14. The fourth-order valence-electron chi connectivity index (χ4n) is 1.24. The smallest absolute Gasteiger partial charge is 0.0620 e. The van der Waals surface area contributed by atoms with Crippen molar-refractivity contribution < 1.29 is 5.11 Å². The number of aryl methyl sites for hydroxylation is 1. The molecule has 0 amide bonds. The second kappa shape index (κ2) is 4.43. The number of hydrogen-bond acceptors (Lipinski definition) is 1. The normalized spacial score (nSPS) is 15.3. The Morgan fingerprint density at radius 3 is 2.38 bits per heavy atom. The maximum atomic E-state index is 9.78. The molecule has 0 saturated heterocycles. The predicted octanol–water partition coefficient (Wildman–Crippen LogP) is 2.78. The summed E-state index contributed by atoms with van der Waals surface area (Å²) in [5, 5.41) is 9.78. The van der Waals surface area contributed by atoms with Gasteiger partial charge in [0.2, 0.25) is 0 Å². The highest BCUT2D eigenvalue weighted by Gasteiger charge is 2.16. The predicted molar refractivity (Wildman–Crippen MR) is 55.7 cm³/mol. The van der Waals surface area contributed by atoms with Crippen LogP contribution in [0.25, 0.3) is 0 Å². The average molecular weight is 178 g/mol. The molecular formula is C12H18O. The summed E-state index contributed by atoms with van der Waals surface area (Å²) in [6, 6.07) is 10.3. The van der Waals surface area contributed by atoms with Crippen molar-refractivity contribution in [3.8, 4) is 0 Å². The quantitative estimate of drug-likeness (QED) is 0.751. The van der Waals surface area contributed by atoms with Crippen molar-refractivity contribution >= 4 is 0 Å². The van der Waals surface area contributed by atoms with E-state index in [0.29, 0.717) is 0 Å². The summed E-state index contributed by atoms with van der Waals surface area (Å²) in [5.41, 5.74) is 0.798. The molecule has 1 rings (SSSR count). The molecule has 0 aromatic heterocycles. The lowest BCUT2D eigenvalue weighted by molar-refractivity contribution is 0.0473. The van der Waals surface area contributed by atoms with Crippen molar-refractivity contribution in [2.24, 2.45) is 0 Å². The third-order valence-electron chi connectivity index (χ3n) is 2.56. The molecule has 0 aliphatic carbocycles. The van der Waals surface area contributed by atoms with E-state index in [0.717, 1.165) is 19.3 Å². The minimum absolute atomic E-state index is 0.504. The van der Waals surface area contributed by atoms with Gasteiger partial charge in [-0.15, -0.1) is 0 Å². The first-order chi connectivity index (χ1) is 6.14. The minimum atomic E-state index is -0.504. The van der Waals surface area contributed by atoms with Crippen LogP contribution < -0.4 is 0 Å². The van der Waals surface area contributed by atoms with Crippen molar-refractivity contribution in [2.75, 3.05) is 0 Å². The lowest BCUT2D eigenvalue weighted by Crippen LogP contribution is -2.23. The maximum Gasteiger partial charge on any atom is 0.0620 e. The summed E-state index contributed by atoms with van der Waals surface area (Å²) in [6.45, 7) is 3.92. The molecule has 0 unspecified atom stereocenters. The van der Waals surface area contributed by atoms with E-state index < -0.39 is 5.60 Å². The van der Waals surface area contributed by atoms with Gasteiger partial charge in [-0.2, -0.15) is 0 Å². The van der Waals surface area contributed by atoms with Gasteiger partial charge in [0.15, 0.2) is 0 Å². The second-order valence-electron chi connectivity index (χ2n) is 3.84. The van der Waals surface area contributed by atoms with Gasteiger partial charge in [0.1, 0.15) is 0 Å². The topological polar surface area (TPSA) is 20.2 Å². The summed E-state index contributed by atoms with van der Waals surface area (Å²) in [6.07, 6.45) is 2.62. The first-order valence-corrected chi connectivity index (χ1v) is 4.90. The Morgan fingerprint density at radius 1 is 1.23 bits per heavy atom. The molecule has 0 bridgehead atoms. The molecule has 1 atom stereocenters. The van der Waals surface area contributed by atoms with Gasteiger partial charge in [-0.3, -0.25) is 0 Å². The van der Waals surface area contributed by atoms with Crippen LogP contribution in [0.15, 0.2) is 30.3 Å². The largest absolute Gasteiger partial charge is 0.390 e. The molecule has 0 aliphatic heterocycles. The Morgan fingerprint density at radius 2 is 1.85 bits per heavy atom. The molecule has 1 N–H and O–H groups in total. The van der Waals surface area contributed by atoms with Gasteiger partial charge in [0, 0.05) is 0 Å². The van der Waals surface area contributed by atoms with Crippen LogP contribution in [0.4, 0.5) is 0 Å². The Hall–Kier alpha value is -0.820.